The minimum atomic E-state index is 0.352. The predicted molar refractivity (Wildman–Crippen MR) is 90.3 cm³/mol. The summed E-state index contributed by atoms with van der Waals surface area (Å²) in [5.74, 6) is 0. The maximum Gasteiger partial charge on any atom is 0.0622 e. The first-order valence-electron chi connectivity index (χ1n) is 7.71. The third-order valence-electron chi connectivity index (χ3n) is 4.09. The first-order chi connectivity index (χ1) is 10.3. The summed E-state index contributed by atoms with van der Waals surface area (Å²) in [5.41, 5.74) is 2.74. The zero-order chi connectivity index (χ0) is 14.7. The molecule has 0 saturated carbocycles. The van der Waals surface area contributed by atoms with Crippen molar-refractivity contribution in [1.29, 1.82) is 0 Å². The summed E-state index contributed by atoms with van der Waals surface area (Å²) in [6.45, 7) is 3.13. The number of pyridine rings is 1. The molecule has 2 heterocycles. The Morgan fingerprint density at radius 3 is 3.00 bits per heavy atom. The van der Waals surface area contributed by atoms with Gasteiger partial charge in [0.15, 0.2) is 0 Å². The average Bonchev–Trinajstić information content (AvgIpc) is 2.93. The van der Waals surface area contributed by atoms with Crippen LogP contribution in [-0.2, 0) is 19.3 Å². The van der Waals surface area contributed by atoms with Gasteiger partial charge in [-0.05, 0) is 61.9 Å². The van der Waals surface area contributed by atoms with Gasteiger partial charge < -0.3 is 5.32 Å². The molecule has 3 rings (SSSR count). The van der Waals surface area contributed by atoms with E-state index in [-0.39, 0.29) is 0 Å². The molecule has 1 aliphatic carbocycles. The van der Waals surface area contributed by atoms with E-state index in [0.717, 1.165) is 18.0 Å². The fourth-order valence-electron chi connectivity index (χ4n) is 2.99. The van der Waals surface area contributed by atoms with E-state index in [9.17, 15) is 0 Å². The fraction of sp³-hybridized carbons (Fsp3) is 0.471. The number of nitrogens with one attached hydrogen (secondary N) is 1. The number of aromatic nitrogens is 1. The number of hydrogen-bond donors (Lipinski definition) is 1. The topological polar surface area (TPSA) is 24.9 Å². The minimum Gasteiger partial charge on any atom is -0.309 e. The van der Waals surface area contributed by atoms with Crippen LogP contribution in [0.25, 0.3) is 0 Å². The summed E-state index contributed by atoms with van der Waals surface area (Å²) in [4.78, 5) is 7.13. The lowest BCUT2D eigenvalue weighted by Crippen LogP contribution is -2.22. The molecule has 2 nitrogen and oxygen atoms in total. The van der Waals surface area contributed by atoms with Crippen molar-refractivity contribution >= 4 is 22.9 Å². The van der Waals surface area contributed by atoms with Gasteiger partial charge in [0.1, 0.15) is 0 Å². The van der Waals surface area contributed by atoms with Crippen molar-refractivity contribution in [3.8, 4) is 0 Å². The van der Waals surface area contributed by atoms with Gasteiger partial charge in [0.25, 0.3) is 0 Å². The minimum absolute atomic E-state index is 0.352. The van der Waals surface area contributed by atoms with Crippen LogP contribution in [0.1, 0.15) is 46.7 Å². The molecular weight excluding hydrogens is 300 g/mol. The number of fused-ring (bicyclic) bond motifs is 1. The highest BCUT2D eigenvalue weighted by molar-refractivity contribution is 7.12. The van der Waals surface area contributed by atoms with Crippen LogP contribution in [0.4, 0.5) is 0 Å². The Bertz CT molecular complexity index is 585. The van der Waals surface area contributed by atoms with Crippen molar-refractivity contribution in [2.24, 2.45) is 0 Å². The monoisotopic (exact) mass is 320 g/mol. The van der Waals surface area contributed by atoms with Gasteiger partial charge in [-0.3, -0.25) is 4.98 Å². The van der Waals surface area contributed by atoms with Crippen molar-refractivity contribution in [2.75, 3.05) is 6.54 Å². The Balaban J connectivity index is 1.84. The van der Waals surface area contributed by atoms with E-state index in [0.29, 0.717) is 6.04 Å². The predicted octanol–water partition coefficient (Wildman–Crippen LogP) is 4.57. The Kier molecular flexibility index (Phi) is 4.94. The standard InChI is InChI=1S/C17H21ClN2S/c1-2-20-15(9-12-7-8-19-11-14(12)18)17-10-13-5-3-4-6-16(13)21-17/h7-8,10-11,15,20H,2-6,9H2,1H3. The molecule has 0 amide bonds. The van der Waals surface area contributed by atoms with Crippen LogP contribution in [0.2, 0.25) is 5.02 Å². The molecule has 2 aromatic heterocycles. The second-order valence-electron chi connectivity index (χ2n) is 5.59. The summed E-state index contributed by atoms with van der Waals surface area (Å²) in [6, 6.07) is 4.80. The van der Waals surface area contributed by atoms with Crippen molar-refractivity contribution in [1.82, 2.24) is 10.3 Å². The van der Waals surface area contributed by atoms with Crippen LogP contribution in [0.3, 0.4) is 0 Å². The molecule has 4 heteroatoms. The molecule has 1 N–H and O–H groups in total. The van der Waals surface area contributed by atoms with Gasteiger partial charge in [-0.2, -0.15) is 0 Å². The molecule has 0 fully saturated rings. The molecule has 0 saturated heterocycles. The lowest BCUT2D eigenvalue weighted by Gasteiger charge is -2.17. The Morgan fingerprint density at radius 1 is 1.38 bits per heavy atom. The molecule has 0 spiro atoms. The number of rotatable bonds is 5. The molecule has 21 heavy (non-hydrogen) atoms. The number of nitrogens with zero attached hydrogens (tertiary/aromatic N) is 1. The van der Waals surface area contributed by atoms with Gasteiger partial charge in [-0.15, -0.1) is 11.3 Å². The lowest BCUT2D eigenvalue weighted by molar-refractivity contribution is 0.557. The molecule has 0 aromatic carbocycles. The zero-order valence-electron chi connectivity index (χ0n) is 12.4. The van der Waals surface area contributed by atoms with Crippen LogP contribution in [-0.4, -0.2) is 11.5 Å². The summed E-state index contributed by atoms with van der Waals surface area (Å²) in [7, 11) is 0. The third kappa shape index (κ3) is 3.47. The highest BCUT2D eigenvalue weighted by Crippen LogP contribution is 2.34. The van der Waals surface area contributed by atoms with Crippen molar-refractivity contribution in [2.45, 2.75) is 45.1 Å². The molecule has 1 unspecified atom stereocenters. The average molecular weight is 321 g/mol. The van der Waals surface area contributed by atoms with Crippen LogP contribution in [0, 0.1) is 0 Å². The van der Waals surface area contributed by atoms with Crippen LogP contribution in [0.5, 0.6) is 0 Å². The van der Waals surface area contributed by atoms with E-state index >= 15 is 0 Å². The smallest absolute Gasteiger partial charge is 0.0622 e. The van der Waals surface area contributed by atoms with Gasteiger partial charge in [0, 0.05) is 28.2 Å². The quantitative estimate of drug-likeness (QED) is 0.873. The highest BCUT2D eigenvalue weighted by atomic mass is 35.5. The van der Waals surface area contributed by atoms with Crippen molar-refractivity contribution in [3.05, 3.63) is 50.4 Å². The molecule has 0 radical (unpaired) electrons. The number of aryl methyl sites for hydroxylation is 2. The zero-order valence-corrected chi connectivity index (χ0v) is 13.9. The van der Waals surface area contributed by atoms with Gasteiger partial charge in [-0.1, -0.05) is 18.5 Å². The highest BCUT2D eigenvalue weighted by Gasteiger charge is 2.19. The van der Waals surface area contributed by atoms with Crippen LogP contribution in [0.15, 0.2) is 24.5 Å². The third-order valence-corrected chi connectivity index (χ3v) is 5.78. The van der Waals surface area contributed by atoms with E-state index in [2.05, 4.69) is 23.3 Å². The van der Waals surface area contributed by atoms with Gasteiger partial charge in [0.2, 0.25) is 0 Å². The number of hydrogen-bond acceptors (Lipinski definition) is 3. The molecule has 0 bridgehead atoms. The van der Waals surface area contributed by atoms with Crippen molar-refractivity contribution < 1.29 is 0 Å². The first-order valence-corrected chi connectivity index (χ1v) is 8.90. The van der Waals surface area contributed by atoms with E-state index in [4.69, 9.17) is 11.6 Å². The van der Waals surface area contributed by atoms with Crippen LogP contribution >= 0.6 is 22.9 Å². The molecule has 1 aliphatic rings. The summed E-state index contributed by atoms with van der Waals surface area (Å²) < 4.78 is 0. The largest absolute Gasteiger partial charge is 0.309 e. The number of likely N-dealkylation sites (N-methyl/N-ethyl adjacent to an activating group) is 1. The van der Waals surface area contributed by atoms with E-state index in [1.165, 1.54) is 36.1 Å². The molecule has 112 valence electrons. The van der Waals surface area contributed by atoms with Crippen LogP contribution < -0.4 is 5.32 Å². The normalized spacial score (nSPS) is 15.7. The van der Waals surface area contributed by atoms with Gasteiger partial charge in [0.05, 0.1) is 5.02 Å². The molecule has 1 atom stereocenters. The van der Waals surface area contributed by atoms with Gasteiger partial charge >= 0.3 is 0 Å². The van der Waals surface area contributed by atoms with E-state index in [1.807, 2.05) is 23.6 Å². The maximum atomic E-state index is 6.27. The molecular formula is C17H21ClN2S. The summed E-state index contributed by atoms with van der Waals surface area (Å²) >= 11 is 8.26. The Labute approximate surface area is 135 Å². The Morgan fingerprint density at radius 2 is 2.24 bits per heavy atom. The number of halogens is 1. The second-order valence-corrected chi connectivity index (χ2v) is 7.16. The van der Waals surface area contributed by atoms with Gasteiger partial charge in [-0.25, -0.2) is 0 Å². The summed E-state index contributed by atoms with van der Waals surface area (Å²) in [5, 5.41) is 4.38. The number of thiophene rings is 1. The molecule has 0 aliphatic heterocycles. The fourth-order valence-corrected chi connectivity index (χ4v) is 4.52. The maximum absolute atomic E-state index is 6.27. The van der Waals surface area contributed by atoms with E-state index in [1.54, 1.807) is 16.6 Å². The summed E-state index contributed by atoms with van der Waals surface area (Å²) in [6.07, 6.45) is 9.67. The SMILES string of the molecule is CCNC(Cc1ccncc1Cl)c1cc2c(s1)CCCC2. The molecule has 2 aromatic rings. The Hall–Kier alpha value is -0.900. The van der Waals surface area contributed by atoms with E-state index < -0.39 is 0 Å². The first kappa shape index (κ1) is 15.0. The van der Waals surface area contributed by atoms with Crippen molar-refractivity contribution in [3.63, 3.8) is 0 Å². The second kappa shape index (κ2) is 6.91. The lowest BCUT2D eigenvalue weighted by atomic mass is 9.98.